The minimum Gasteiger partial charge on any atom is -0.308 e. The molecule has 0 amide bonds. The summed E-state index contributed by atoms with van der Waals surface area (Å²) in [5.41, 5.74) is 2.68. The van der Waals surface area contributed by atoms with E-state index in [1.165, 1.54) is 11.3 Å². The SMILES string of the molecule is Cc1cc2c(NN)nc(C3CC3C)nc2s1. The van der Waals surface area contributed by atoms with Crippen LogP contribution in [0.25, 0.3) is 10.2 Å². The summed E-state index contributed by atoms with van der Waals surface area (Å²) in [6.45, 7) is 4.31. The molecule has 3 N–H and O–H groups in total. The molecule has 1 aliphatic rings. The Morgan fingerprint density at radius 3 is 2.88 bits per heavy atom. The molecule has 1 fully saturated rings. The van der Waals surface area contributed by atoms with Crippen molar-refractivity contribution in [2.75, 3.05) is 5.43 Å². The Morgan fingerprint density at radius 2 is 2.25 bits per heavy atom. The summed E-state index contributed by atoms with van der Waals surface area (Å²) >= 11 is 1.70. The largest absolute Gasteiger partial charge is 0.308 e. The zero-order chi connectivity index (χ0) is 11.3. The Bertz CT molecular complexity index is 548. The fourth-order valence-corrected chi connectivity index (χ4v) is 2.90. The zero-order valence-electron chi connectivity index (χ0n) is 9.32. The van der Waals surface area contributed by atoms with Crippen molar-refractivity contribution < 1.29 is 0 Å². The maximum atomic E-state index is 5.51. The summed E-state index contributed by atoms with van der Waals surface area (Å²) < 4.78 is 0. The molecular weight excluding hydrogens is 220 g/mol. The molecule has 0 saturated heterocycles. The molecule has 4 nitrogen and oxygen atoms in total. The van der Waals surface area contributed by atoms with Crippen LogP contribution in [0.4, 0.5) is 5.82 Å². The fraction of sp³-hybridized carbons (Fsp3) is 0.455. The van der Waals surface area contributed by atoms with Gasteiger partial charge in [0.05, 0.1) is 5.39 Å². The van der Waals surface area contributed by atoms with E-state index in [9.17, 15) is 0 Å². The van der Waals surface area contributed by atoms with Gasteiger partial charge >= 0.3 is 0 Å². The van der Waals surface area contributed by atoms with E-state index in [2.05, 4.69) is 35.3 Å². The average Bonchev–Trinajstić information content (AvgIpc) is 2.86. The van der Waals surface area contributed by atoms with Crippen LogP contribution in [-0.4, -0.2) is 9.97 Å². The van der Waals surface area contributed by atoms with Crippen molar-refractivity contribution in [2.24, 2.45) is 11.8 Å². The monoisotopic (exact) mass is 234 g/mol. The van der Waals surface area contributed by atoms with Gasteiger partial charge in [-0.2, -0.15) is 0 Å². The number of thiophene rings is 1. The van der Waals surface area contributed by atoms with E-state index < -0.39 is 0 Å². The second-order valence-electron chi connectivity index (χ2n) is 4.47. The van der Waals surface area contributed by atoms with E-state index in [4.69, 9.17) is 5.84 Å². The molecule has 2 unspecified atom stereocenters. The van der Waals surface area contributed by atoms with Crippen LogP contribution in [0.5, 0.6) is 0 Å². The standard InChI is InChI=1S/C11H14N4S/c1-5-3-7(5)9-13-10(15-12)8-4-6(2)16-11(8)14-9/h4-5,7H,3,12H2,1-2H3,(H,13,14,15). The Kier molecular flexibility index (Phi) is 2.12. The van der Waals surface area contributed by atoms with Crippen LogP contribution in [0, 0.1) is 12.8 Å². The number of hydrogen-bond acceptors (Lipinski definition) is 5. The topological polar surface area (TPSA) is 63.8 Å². The molecule has 2 atom stereocenters. The number of nitrogens with one attached hydrogen (secondary N) is 1. The maximum Gasteiger partial charge on any atom is 0.152 e. The first-order valence-electron chi connectivity index (χ1n) is 5.43. The number of aromatic nitrogens is 2. The Balaban J connectivity index is 2.18. The molecule has 3 rings (SSSR count). The molecule has 2 heterocycles. The van der Waals surface area contributed by atoms with Gasteiger partial charge in [-0.3, -0.25) is 0 Å². The van der Waals surface area contributed by atoms with E-state index >= 15 is 0 Å². The fourth-order valence-electron chi connectivity index (χ4n) is 2.02. The lowest BCUT2D eigenvalue weighted by atomic mass is 10.3. The van der Waals surface area contributed by atoms with Crippen LogP contribution in [0.15, 0.2) is 6.07 Å². The number of nitrogens with two attached hydrogens (primary N) is 1. The molecule has 1 aliphatic carbocycles. The van der Waals surface area contributed by atoms with Gasteiger partial charge in [-0.25, -0.2) is 15.8 Å². The van der Waals surface area contributed by atoms with E-state index in [0.717, 1.165) is 21.9 Å². The van der Waals surface area contributed by atoms with Crippen molar-refractivity contribution in [3.05, 3.63) is 16.8 Å². The molecule has 0 aliphatic heterocycles. The molecular formula is C11H14N4S. The first-order valence-corrected chi connectivity index (χ1v) is 6.25. The van der Waals surface area contributed by atoms with Crippen molar-refractivity contribution >= 4 is 27.4 Å². The lowest BCUT2D eigenvalue weighted by Crippen LogP contribution is -2.10. The molecule has 2 aromatic heterocycles. The van der Waals surface area contributed by atoms with Crippen LogP contribution < -0.4 is 11.3 Å². The van der Waals surface area contributed by atoms with Gasteiger partial charge in [-0.1, -0.05) is 6.92 Å². The van der Waals surface area contributed by atoms with Crippen LogP contribution in [0.1, 0.15) is 30.0 Å². The molecule has 16 heavy (non-hydrogen) atoms. The van der Waals surface area contributed by atoms with E-state index in [1.54, 1.807) is 11.3 Å². The van der Waals surface area contributed by atoms with Gasteiger partial charge in [0.15, 0.2) is 5.82 Å². The third kappa shape index (κ3) is 1.47. The van der Waals surface area contributed by atoms with Crippen molar-refractivity contribution in [2.45, 2.75) is 26.2 Å². The molecule has 0 spiro atoms. The lowest BCUT2D eigenvalue weighted by molar-refractivity contribution is 0.853. The summed E-state index contributed by atoms with van der Waals surface area (Å²) in [4.78, 5) is 11.4. The van der Waals surface area contributed by atoms with Gasteiger partial charge in [-0.15, -0.1) is 11.3 Å². The molecule has 0 aromatic carbocycles. The van der Waals surface area contributed by atoms with Crippen LogP contribution in [0.3, 0.4) is 0 Å². The number of aryl methyl sites for hydroxylation is 1. The third-order valence-corrected chi connectivity index (χ3v) is 4.06. The summed E-state index contributed by atoms with van der Waals surface area (Å²) in [5, 5.41) is 1.03. The third-order valence-electron chi connectivity index (χ3n) is 3.11. The first-order chi connectivity index (χ1) is 7.69. The predicted octanol–water partition coefficient (Wildman–Crippen LogP) is 2.41. The quantitative estimate of drug-likeness (QED) is 0.618. The van der Waals surface area contributed by atoms with E-state index in [-0.39, 0.29) is 0 Å². The number of nitrogen functional groups attached to an aromatic ring is 1. The number of hydrogen-bond donors (Lipinski definition) is 2. The number of fused-ring (bicyclic) bond motifs is 1. The zero-order valence-corrected chi connectivity index (χ0v) is 10.1. The minimum atomic E-state index is 0.527. The Hall–Kier alpha value is -1.20. The summed E-state index contributed by atoms with van der Waals surface area (Å²) in [6.07, 6.45) is 1.19. The van der Waals surface area contributed by atoms with Crippen molar-refractivity contribution in [3.63, 3.8) is 0 Å². The van der Waals surface area contributed by atoms with E-state index in [0.29, 0.717) is 11.8 Å². The van der Waals surface area contributed by atoms with Crippen LogP contribution in [-0.2, 0) is 0 Å². The van der Waals surface area contributed by atoms with Crippen molar-refractivity contribution in [1.82, 2.24) is 9.97 Å². The van der Waals surface area contributed by atoms with Gasteiger partial charge < -0.3 is 5.43 Å². The Labute approximate surface area is 97.9 Å². The molecule has 5 heteroatoms. The van der Waals surface area contributed by atoms with Gasteiger partial charge in [0, 0.05) is 10.8 Å². The van der Waals surface area contributed by atoms with Gasteiger partial charge in [0.1, 0.15) is 10.7 Å². The normalized spacial score (nSPS) is 23.7. The average molecular weight is 234 g/mol. The highest BCUT2D eigenvalue weighted by atomic mass is 32.1. The lowest BCUT2D eigenvalue weighted by Gasteiger charge is -2.03. The molecule has 84 valence electrons. The maximum absolute atomic E-state index is 5.51. The van der Waals surface area contributed by atoms with Crippen molar-refractivity contribution in [1.29, 1.82) is 0 Å². The second-order valence-corrected chi connectivity index (χ2v) is 5.70. The first kappa shape index (κ1) is 9.99. The Morgan fingerprint density at radius 1 is 1.50 bits per heavy atom. The summed E-state index contributed by atoms with van der Waals surface area (Å²) in [5.74, 6) is 8.45. The van der Waals surface area contributed by atoms with Crippen molar-refractivity contribution in [3.8, 4) is 0 Å². The van der Waals surface area contributed by atoms with Gasteiger partial charge in [0.2, 0.25) is 0 Å². The predicted molar refractivity (Wildman–Crippen MR) is 66.5 cm³/mol. The highest BCUT2D eigenvalue weighted by Gasteiger charge is 2.37. The highest BCUT2D eigenvalue weighted by molar-refractivity contribution is 7.18. The summed E-state index contributed by atoms with van der Waals surface area (Å²) in [6, 6.07) is 2.08. The molecule has 1 saturated carbocycles. The molecule has 2 aromatic rings. The van der Waals surface area contributed by atoms with Gasteiger partial charge in [-0.05, 0) is 25.3 Å². The van der Waals surface area contributed by atoms with Gasteiger partial charge in [0.25, 0.3) is 0 Å². The second kappa shape index (κ2) is 3.40. The minimum absolute atomic E-state index is 0.527. The number of nitrogens with zero attached hydrogens (tertiary/aromatic N) is 2. The number of hydrazine groups is 1. The summed E-state index contributed by atoms with van der Waals surface area (Å²) in [7, 11) is 0. The highest BCUT2D eigenvalue weighted by Crippen LogP contribution is 2.46. The molecule has 0 radical (unpaired) electrons. The number of rotatable bonds is 2. The van der Waals surface area contributed by atoms with Crippen LogP contribution >= 0.6 is 11.3 Å². The number of anilines is 1. The van der Waals surface area contributed by atoms with Crippen LogP contribution in [0.2, 0.25) is 0 Å². The molecule has 0 bridgehead atoms. The van der Waals surface area contributed by atoms with E-state index in [1.807, 2.05) is 0 Å². The smallest absolute Gasteiger partial charge is 0.152 e.